The molecule has 1 N–H and O–H groups in total. The highest BCUT2D eigenvalue weighted by molar-refractivity contribution is 7.89. The van der Waals surface area contributed by atoms with Gasteiger partial charge in [0.05, 0.1) is 0 Å². The Hall–Kier alpha value is -1.14. The highest BCUT2D eigenvalue weighted by atomic mass is 32.2. The Bertz CT molecular complexity index is 555. The second-order valence-corrected chi connectivity index (χ2v) is 7.34. The molecule has 1 heterocycles. The Morgan fingerprint density at radius 2 is 2.20 bits per heavy atom. The van der Waals surface area contributed by atoms with Gasteiger partial charge in [-0.3, -0.25) is 0 Å². The lowest BCUT2D eigenvalue weighted by molar-refractivity contribution is 0.357. The fraction of sp³-hybridized carbons (Fsp3) is 0.643. The molecule has 0 aromatic carbocycles. The smallest absolute Gasteiger partial charge is 0.246 e. The highest BCUT2D eigenvalue weighted by Gasteiger charge is 2.36. The maximum absolute atomic E-state index is 12.7. The molecule has 112 valence electrons. The van der Waals surface area contributed by atoms with E-state index in [2.05, 4.69) is 10.3 Å². The zero-order valence-corrected chi connectivity index (χ0v) is 13.2. The van der Waals surface area contributed by atoms with Crippen molar-refractivity contribution in [2.45, 2.75) is 44.0 Å². The Labute approximate surface area is 121 Å². The van der Waals surface area contributed by atoms with Crippen LogP contribution in [-0.2, 0) is 10.0 Å². The van der Waals surface area contributed by atoms with Crippen molar-refractivity contribution in [1.29, 1.82) is 0 Å². The van der Waals surface area contributed by atoms with Crippen molar-refractivity contribution in [1.82, 2.24) is 9.29 Å². The van der Waals surface area contributed by atoms with E-state index in [0.717, 1.165) is 19.3 Å². The third-order valence-corrected chi connectivity index (χ3v) is 5.82. The Kier molecular flexibility index (Phi) is 4.65. The molecule has 1 aliphatic rings. The summed E-state index contributed by atoms with van der Waals surface area (Å²) in [6, 6.07) is 3.33. The van der Waals surface area contributed by atoms with E-state index in [1.54, 1.807) is 25.4 Å². The number of hydrogen-bond acceptors (Lipinski definition) is 4. The monoisotopic (exact) mass is 297 g/mol. The molecular formula is C14H23N3O2S. The van der Waals surface area contributed by atoms with Crippen molar-refractivity contribution in [2.75, 3.05) is 18.9 Å². The molecule has 0 amide bonds. The number of pyridine rings is 1. The summed E-state index contributed by atoms with van der Waals surface area (Å²) in [6.45, 7) is 4.72. The SMILES string of the molecule is CCCNc1ncccc1S(=O)(=O)N(C)C(C)C1CC1. The van der Waals surface area contributed by atoms with Crippen molar-refractivity contribution in [2.24, 2.45) is 5.92 Å². The molecule has 0 bridgehead atoms. The van der Waals surface area contributed by atoms with Crippen LogP contribution in [0.25, 0.3) is 0 Å². The van der Waals surface area contributed by atoms with Crippen molar-refractivity contribution in [3.63, 3.8) is 0 Å². The second-order valence-electron chi connectivity index (χ2n) is 5.38. The molecule has 0 spiro atoms. The first-order valence-electron chi connectivity index (χ1n) is 7.15. The number of rotatable bonds is 7. The molecule has 20 heavy (non-hydrogen) atoms. The van der Waals surface area contributed by atoms with Crippen molar-refractivity contribution < 1.29 is 8.42 Å². The molecule has 0 aliphatic heterocycles. The van der Waals surface area contributed by atoms with Crippen LogP contribution < -0.4 is 5.32 Å². The van der Waals surface area contributed by atoms with Gasteiger partial charge in [0.1, 0.15) is 10.7 Å². The zero-order chi connectivity index (χ0) is 14.8. The predicted octanol–water partition coefficient (Wildman–Crippen LogP) is 2.32. The van der Waals surface area contributed by atoms with Gasteiger partial charge in [0, 0.05) is 25.8 Å². The standard InChI is InChI=1S/C14H23N3O2S/c1-4-9-15-14-13(6-5-10-16-14)20(18,19)17(3)11(2)12-7-8-12/h5-6,10-12H,4,7-9H2,1-3H3,(H,15,16). The third kappa shape index (κ3) is 3.12. The molecule has 5 nitrogen and oxygen atoms in total. The van der Waals surface area contributed by atoms with Gasteiger partial charge in [0.25, 0.3) is 0 Å². The molecule has 2 rings (SSSR count). The number of nitrogens with one attached hydrogen (secondary N) is 1. The molecule has 1 atom stereocenters. The van der Waals surface area contributed by atoms with Crippen LogP contribution in [0.5, 0.6) is 0 Å². The van der Waals surface area contributed by atoms with E-state index < -0.39 is 10.0 Å². The molecule has 0 radical (unpaired) electrons. The van der Waals surface area contributed by atoms with E-state index in [-0.39, 0.29) is 10.9 Å². The molecule has 1 aromatic rings. The summed E-state index contributed by atoms with van der Waals surface area (Å²) >= 11 is 0. The van der Waals surface area contributed by atoms with Crippen LogP contribution >= 0.6 is 0 Å². The first-order chi connectivity index (χ1) is 9.48. The van der Waals surface area contributed by atoms with Gasteiger partial charge in [-0.05, 0) is 44.2 Å². The number of sulfonamides is 1. The molecule has 1 saturated carbocycles. The zero-order valence-electron chi connectivity index (χ0n) is 12.3. The van der Waals surface area contributed by atoms with Gasteiger partial charge in [-0.25, -0.2) is 13.4 Å². The maximum atomic E-state index is 12.7. The third-order valence-electron chi connectivity index (χ3n) is 3.85. The predicted molar refractivity (Wildman–Crippen MR) is 80.2 cm³/mol. The van der Waals surface area contributed by atoms with E-state index in [4.69, 9.17) is 0 Å². The van der Waals surface area contributed by atoms with Gasteiger partial charge in [0.15, 0.2) is 0 Å². The summed E-state index contributed by atoms with van der Waals surface area (Å²) in [5, 5.41) is 3.09. The molecule has 1 unspecified atom stereocenters. The van der Waals surface area contributed by atoms with Crippen LogP contribution in [0.15, 0.2) is 23.2 Å². The van der Waals surface area contributed by atoms with Crippen LogP contribution in [0.4, 0.5) is 5.82 Å². The summed E-state index contributed by atoms with van der Waals surface area (Å²) in [4.78, 5) is 4.43. The van der Waals surface area contributed by atoms with Gasteiger partial charge in [-0.15, -0.1) is 0 Å². The van der Waals surface area contributed by atoms with Crippen molar-refractivity contribution in [3.05, 3.63) is 18.3 Å². The highest BCUT2D eigenvalue weighted by Crippen LogP contribution is 2.36. The van der Waals surface area contributed by atoms with Gasteiger partial charge in [-0.2, -0.15) is 4.31 Å². The second kappa shape index (κ2) is 6.10. The fourth-order valence-electron chi connectivity index (χ4n) is 2.22. The van der Waals surface area contributed by atoms with Gasteiger partial charge >= 0.3 is 0 Å². The van der Waals surface area contributed by atoms with E-state index in [1.807, 2.05) is 13.8 Å². The van der Waals surface area contributed by atoms with Crippen LogP contribution in [-0.4, -0.2) is 37.3 Å². The van der Waals surface area contributed by atoms with E-state index in [9.17, 15) is 8.42 Å². The first kappa shape index (κ1) is 15.3. The minimum Gasteiger partial charge on any atom is -0.369 e. The normalized spacial score (nSPS) is 17.2. The summed E-state index contributed by atoms with van der Waals surface area (Å²) in [6.07, 6.45) is 4.77. The van der Waals surface area contributed by atoms with Gasteiger partial charge in [-0.1, -0.05) is 6.92 Å². The summed E-state index contributed by atoms with van der Waals surface area (Å²) in [5.41, 5.74) is 0. The van der Waals surface area contributed by atoms with Crippen molar-refractivity contribution in [3.8, 4) is 0 Å². The quantitative estimate of drug-likeness (QED) is 0.839. The van der Waals surface area contributed by atoms with Crippen LogP contribution in [0.3, 0.4) is 0 Å². The largest absolute Gasteiger partial charge is 0.369 e. The van der Waals surface area contributed by atoms with Crippen LogP contribution in [0, 0.1) is 5.92 Å². The number of hydrogen-bond donors (Lipinski definition) is 1. The molecule has 6 heteroatoms. The number of aromatic nitrogens is 1. The summed E-state index contributed by atoms with van der Waals surface area (Å²) < 4.78 is 27.0. The average molecular weight is 297 g/mol. The maximum Gasteiger partial charge on any atom is 0.246 e. The van der Waals surface area contributed by atoms with E-state index >= 15 is 0 Å². The molecular weight excluding hydrogens is 274 g/mol. The Morgan fingerprint density at radius 1 is 1.50 bits per heavy atom. The number of anilines is 1. The molecule has 0 saturated heterocycles. The fourth-order valence-corrected chi connectivity index (χ4v) is 3.76. The number of nitrogens with zero attached hydrogens (tertiary/aromatic N) is 2. The lowest BCUT2D eigenvalue weighted by atomic mass is 10.2. The lowest BCUT2D eigenvalue weighted by Gasteiger charge is -2.25. The molecule has 1 fully saturated rings. The van der Waals surface area contributed by atoms with E-state index in [1.165, 1.54) is 4.31 Å². The lowest BCUT2D eigenvalue weighted by Crippen LogP contribution is -2.36. The minimum absolute atomic E-state index is 0.0410. The first-order valence-corrected chi connectivity index (χ1v) is 8.59. The Morgan fingerprint density at radius 3 is 2.80 bits per heavy atom. The van der Waals surface area contributed by atoms with Crippen LogP contribution in [0.1, 0.15) is 33.1 Å². The minimum atomic E-state index is -3.50. The average Bonchev–Trinajstić information content (AvgIpc) is 3.28. The molecule has 1 aromatic heterocycles. The van der Waals surface area contributed by atoms with Gasteiger partial charge in [0.2, 0.25) is 10.0 Å². The van der Waals surface area contributed by atoms with Gasteiger partial charge < -0.3 is 5.32 Å². The summed E-state index contributed by atoms with van der Waals surface area (Å²) in [7, 11) is -1.83. The van der Waals surface area contributed by atoms with E-state index in [0.29, 0.717) is 18.3 Å². The van der Waals surface area contributed by atoms with Crippen molar-refractivity contribution >= 4 is 15.8 Å². The summed E-state index contributed by atoms with van der Waals surface area (Å²) in [5.74, 6) is 0.947. The Balaban J connectivity index is 2.28. The topological polar surface area (TPSA) is 62.3 Å². The van der Waals surface area contributed by atoms with Crippen LogP contribution in [0.2, 0.25) is 0 Å². The molecule has 1 aliphatic carbocycles.